The van der Waals surface area contributed by atoms with Crippen molar-refractivity contribution < 1.29 is 22.4 Å². The molecule has 0 bridgehead atoms. The zero-order valence-corrected chi connectivity index (χ0v) is 13.0. The van der Waals surface area contributed by atoms with Crippen LogP contribution >= 0.6 is 0 Å². The van der Waals surface area contributed by atoms with Crippen molar-refractivity contribution in [1.82, 2.24) is 10.3 Å². The minimum Gasteiger partial charge on any atom is -0.435 e. The van der Waals surface area contributed by atoms with Crippen molar-refractivity contribution >= 4 is 5.91 Å². The van der Waals surface area contributed by atoms with Gasteiger partial charge >= 0.3 is 6.18 Å². The number of carbonyl (C=O) groups excluding carboxylic acids is 1. The van der Waals surface area contributed by atoms with Crippen molar-refractivity contribution in [2.75, 3.05) is 0 Å². The highest BCUT2D eigenvalue weighted by molar-refractivity contribution is 5.92. The molecule has 0 saturated carbocycles. The molecule has 1 aromatic carbocycles. The summed E-state index contributed by atoms with van der Waals surface area (Å²) in [5, 5.41) is 2.53. The number of aryl methyl sites for hydroxylation is 2. The average molecular weight is 326 g/mol. The van der Waals surface area contributed by atoms with Crippen molar-refractivity contribution in [1.29, 1.82) is 0 Å². The van der Waals surface area contributed by atoms with Gasteiger partial charge in [-0.3, -0.25) is 4.79 Å². The van der Waals surface area contributed by atoms with Crippen LogP contribution in [0.1, 0.15) is 53.2 Å². The van der Waals surface area contributed by atoms with Gasteiger partial charge in [0.15, 0.2) is 5.89 Å². The van der Waals surface area contributed by atoms with Crippen LogP contribution in [0.4, 0.5) is 13.2 Å². The van der Waals surface area contributed by atoms with E-state index in [0.717, 1.165) is 6.07 Å². The predicted octanol–water partition coefficient (Wildman–Crippen LogP) is 4.06. The fourth-order valence-corrected chi connectivity index (χ4v) is 2.29. The number of amides is 1. The van der Waals surface area contributed by atoms with Crippen molar-refractivity contribution in [2.24, 2.45) is 0 Å². The molecule has 1 amide bonds. The number of halogens is 3. The van der Waals surface area contributed by atoms with E-state index in [4.69, 9.17) is 4.42 Å². The van der Waals surface area contributed by atoms with Gasteiger partial charge in [-0.05, 0) is 25.5 Å². The highest BCUT2D eigenvalue weighted by Crippen LogP contribution is 2.34. The lowest BCUT2D eigenvalue weighted by atomic mass is 10.0. The van der Waals surface area contributed by atoms with Gasteiger partial charge in [-0.1, -0.05) is 25.1 Å². The third kappa shape index (κ3) is 3.72. The maximum Gasteiger partial charge on any atom is 0.416 e. The summed E-state index contributed by atoms with van der Waals surface area (Å²) in [6.07, 6.45) is -3.95. The fourth-order valence-electron chi connectivity index (χ4n) is 2.29. The van der Waals surface area contributed by atoms with Gasteiger partial charge < -0.3 is 9.73 Å². The van der Waals surface area contributed by atoms with Crippen LogP contribution in [0.25, 0.3) is 0 Å². The summed E-state index contributed by atoms with van der Waals surface area (Å²) in [5.74, 6) is -0.145. The molecule has 2 aromatic rings. The quantitative estimate of drug-likeness (QED) is 0.922. The first-order valence-electron chi connectivity index (χ1n) is 7.17. The minimum atomic E-state index is -4.48. The summed E-state index contributed by atoms with van der Waals surface area (Å²) >= 11 is 0. The molecule has 0 spiro atoms. The van der Waals surface area contributed by atoms with Crippen LogP contribution in [-0.4, -0.2) is 10.9 Å². The smallest absolute Gasteiger partial charge is 0.416 e. The number of nitrogens with one attached hydrogen (secondary N) is 1. The third-order valence-electron chi connectivity index (χ3n) is 3.43. The highest BCUT2D eigenvalue weighted by Gasteiger charge is 2.34. The second kappa shape index (κ2) is 6.44. The Bertz CT molecular complexity index is 708. The van der Waals surface area contributed by atoms with Crippen LogP contribution in [0.2, 0.25) is 0 Å². The van der Waals surface area contributed by atoms with E-state index in [9.17, 15) is 18.0 Å². The maximum absolute atomic E-state index is 13.0. The van der Waals surface area contributed by atoms with Crippen molar-refractivity contribution in [3.63, 3.8) is 0 Å². The lowest BCUT2D eigenvalue weighted by Crippen LogP contribution is -2.28. The Morgan fingerprint density at radius 2 is 2.00 bits per heavy atom. The number of aromatic nitrogens is 1. The molecule has 4 nitrogen and oxygen atoms in total. The van der Waals surface area contributed by atoms with Crippen LogP contribution in [0, 0.1) is 6.92 Å². The van der Waals surface area contributed by atoms with Crippen LogP contribution in [0.15, 0.2) is 28.7 Å². The molecule has 0 fully saturated rings. The normalized spacial score (nSPS) is 13.0. The largest absolute Gasteiger partial charge is 0.435 e. The first-order valence-corrected chi connectivity index (χ1v) is 7.17. The van der Waals surface area contributed by atoms with E-state index in [2.05, 4.69) is 10.3 Å². The van der Waals surface area contributed by atoms with Crippen LogP contribution in [0.3, 0.4) is 0 Å². The van der Waals surface area contributed by atoms with Gasteiger partial charge in [0.1, 0.15) is 0 Å². The molecular weight excluding hydrogens is 309 g/mol. The highest BCUT2D eigenvalue weighted by atomic mass is 19.4. The number of carbonyl (C=O) groups is 1. The van der Waals surface area contributed by atoms with Gasteiger partial charge in [-0.2, -0.15) is 13.2 Å². The number of oxazole rings is 1. The zero-order valence-electron chi connectivity index (χ0n) is 13.0. The standard InChI is InChI=1S/C16H17F3N2O2/c1-4-13-20-10(3)14(23-13)15(22)21-9(2)11-7-5-6-8-12(11)16(17,18)19/h5-9H,4H2,1-3H3,(H,21,22)/t9-/m1/s1. The minimum absolute atomic E-state index is 0.00114. The number of nitrogens with zero attached hydrogens (tertiary/aromatic N) is 1. The molecule has 1 N–H and O–H groups in total. The van der Waals surface area contributed by atoms with E-state index < -0.39 is 23.7 Å². The first kappa shape index (κ1) is 17.1. The van der Waals surface area contributed by atoms with Crippen LogP contribution in [0.5, 0.6) is 0 Å². The Morgan fingerprint density at radius 1 is 1.35 bits per heavy atom. The molecular formula is C16H17F3N2O2. The van der Waals surface area contributed by atoms with Crippen molar-refractivity contribution in [3.05, 3.63) is 52.7 Å². The van der Waals surface area contributed by atoms with E-state index in [1.807, 2.05) is 6.92 Å². The molecule has 0 aliphatic rings. The first-order chi connectivity index (χ1) is 10.7. The van der Waals surface area contributed by atoms with Gasteiger partial charge in [0.25, 0.3) is 5.91 Å². The van der Waals surface area contributed by atoms with Crippen LogP contribution < -0.4 is 5.32 Å². The summed E-state index contributed by atoms with van der Waals surface area (Å²) in [6, 6.07) is 4.33. The Morgan fingerprint density at radius 3 is 2.57 bits per heavy atom. The summed E-state index contributed by atoms with van der Waals surface area (Å²) < 4.78 is 44.4. The molecule has 0 unspecified atom stereocenters. The van der Waals surface area contributed by atoms with Gasteiger partial charge in [-0.15, -0.1) is 0 Å². The Balaban J connectivity index is 2.24. The molecule has 2 rings (SSSR count). The molecule has 0 aliphatic heterocycles. The van der Waals surface area contributed by atoms with Crippen molar-refractivity contribution in [2.45, 2.75) is 39.4 Å². The van der Waals surface area contributed by atoms with Crippen molar-refractivity contribution in [3.8, 4) is 0 Å². The predicted molar refractivity (Wildman–Crippen MR) is 77.9 cm³/mol. The van der Waals surface area contributed by atoms with Gasteiger partial charge in [0, 0.05) is 6.42 Å². The lowest BCUT2D eigenvalue weighted by molar-refractivity contribution is -0.138. The molecule has 0 aliphatic carbocycles. The Hall–Kier alpha value is -2.31. The molecule has 1 heterocycles. The molecule has 1 aromatic heterocycles. The van der Waals surface area contributed by atoms with E-state index in [-0.39, 0.29) is 11.3 Å². The molecule has 0 saturated heterocycles. The number of hydrogen-bond donors (Lipinski definition) is 1. The van der Waals surface area contributed by atoms with E-state index in [0.29, 0.717) is 18.0 Å². The van der Waals surface area contributed by atoms with E-state index >= 15 is 0 Å². The maximum atomic E-state index is 13.0. The Labute approximate surface area is 131 Å². The number of alkyl halides is 3. The van der Waals surface area contributed by atoms with Gasteiger partial charge in [0.05, 0.1) is 17.3 Å². The summed E-state index contributed by atoms with van der Waals surface area (Å²) in [4.78, 5) is 16.3. The SMILES string of the molecule is CCc1nc(C)c(C(=O)N[C@H](C)c2ccccc2C(F)(F)F)o1. The average Bonchev–Trinajstić information content (AvgIpc) is 2.87. The summed E-state index contributed by atoms with van der Waals surface area (Å²) in [6.45, 7) is 4.94. The molecule has 7 heteroatoms. The molecule has 124 valence electrons. The lowest BCUT2D eigenvalue weighted by Gasteiger charge is -2.19. The third-order valence-corrected chi connectivity index (χ3v) is 3.43. The second-order valence-electron chi connectivity index (χ2n) is 5.16. The van der Waals surface area contributed by atoms with E-state index in [1.165, 1.54) is 25.1 Å². The monoisotopic (exact) mass is 326 g/mol. The van der Waals surface area contributed by atoms with E-state index in [1.54, 1.807) is 6.92 Å². The summed E-state index contributed by atoms with van der Waals surface area (Å²) in [7, 11) is 0. The fraction of sp³-hybridized carbons (Fsp3) is 0.375. The van der Waals surface area contributed by atoms with Crippen LogP contribution in [-0.2, 0) is 12.6 Å². The molecule has 0 radical (unpaired) electrons. The summed E-state index contributed by atoms with van der Waals surface area (Å²) in [5.41, 5.74) is -0.353. The molecule has 1 atom stereocenters. The number of hydrogen-bond acceptors (Lipinski definition) is 3. The van der Waals surface area contributed by atoms with Gasteiger partial charge in [0.2, 0.25) is 5.76 Å². The topological polar surface area (TPSA) is 55.1 Å². The number of rotatable bonds is 4. The second-order valence-corrected chi connectivity index (χ2v) is 5.16. The number of benzene rings is 1. The molecule has 23 heavy (non-hydrogen) atoms. The Kier molecular flexibility index (Phi) is 4.77. The van der Waals surface area contributed by atoms with Gasteiger partial charge in [-0.25, -0.2) is 4.98 Å². The zero-order chi connectivity index (χ0) is 17.2.